The molecule has 192 valence electrons. The summed E-state index contributed by atoms with van der Waals surface area (Å²) in [5, 5.41) is 14.2. The summed E-state index contributed by atoms with van der Waals surface area (Å²) in [5.74, 6) is -3.56. The van der Waals surface area contributed by atoms with E-state index in [1.807, 2.05) is 18.5 Å². The zero-order valence-corrected chi connectivity index (χ0v) is 18.1. The molecule has 3 fully saturated rings. The lowest BCUT2D eigenvalue weighted by Crippen LogP contribution is -2.42. The molecule has 8 nitrogen and oxygen atoms in total. The van der Waals surface area contributed by atoms with E-state index in [2.05, 4.69) is 19.8 Å². The molecule has 1 spiro atoms. The summed E-state index contributed by atoms with van der Waals surface area (Å²) in [6.45, 7) is 6.27. The molecule has 1 aromatic heterocycles. The van der Waals surface area contributed by atoms with Crippen LogP contribution in [0.2, 0.25) is 0 Å². The summed E-state index contributed by atoms with van der Waals surface area (Å²) in [6, 6.07) is 1.89. The first-order chi connectivity index (χ1) is 15.7. The quantitative estimate of drug-likeness (QED) is 0.608. The van der Waals surface area contributed by atoms with Crippen molar-refractivity contribution in [2.24, 2.45) is 11.3 Å². The molecule has 0 radical (unpaired) electrons. The predicted molar refractivity (Wildman–Crippen MR) is 107 cm³/mol. The van der Waals surface area contributed by atoms with Gasteiger partial charge >= 0.3 is 24.3 Å². The highest BCUT2D eigenvalue weighted by atomic mass is 19.4. The van der Waals surface area contributed by atoms with Crippen molar-refractivity contribution in [3.8, 4) is 0 Å². The van der Waals surface area contributed by atoms with Crippen LogP contribution >= 0.6 is 0 Å². The van der Waals surface area contributed by atoms with Crippen LogP contribution in [0.5, 0.6) is 0 Å². The Labute approximate surface area is 191 Å². The number of likely N-dealkylation sites (tertiary alicyclic amines) is 1. The van der Waals surface area contributed by atoms with Gasteiger partial charge < -0.3 is 20.0 Å². The second-order valence-electron chi connectivity index (χ2n) is 8.57. The number of hydrogen-bond donors (Lipinski definition) is 2. The van der Waals surface area contributed by atoms with Gasteiger partial charge in [0.05, 0.1) is 0 Å². The Bertz CT molecular complexity index is 786. The summed E-state index contributed by atoms with van der Waals surface area (Å²) < 4.78 is 63.5. The molecule has 3 heterocycles. The van der Waals surface area contributed by atoms with Crippen molar-refractivity contribution in [1.82, 2.24) is 14.9 Å². The van der Waals surface area contributed by atoms with E-state index in [1.54, 1.807) is 0 Å². The molecule has 0 aromatic carbocycles. The van der Waals surface area contributed by atoms with Crippen molar-refractivity contribution >= 4 is 17.9 Å². The molecule has 2 aliphatic heterocycles. The minimum absolute atomic E-state index is 0.541. The first-order valence-electron chi connectivity index (χ1n) is 10.6. The van der Waals surface area contributed by atoms with E-state index >= 15 is 0 Å². The minimum Gasteiger partial charge on any atom is -0.475 e. The Morgan fingerprint density at radius 3 is 1.76 bits per heavy atom. The molecule has 0 bridgehead atoms. The number of aliphatic carboxylic acids is 2. The average molecular weight is 500 g/mol. The predicted octanol–water partition coefficient (Wildman–Crippen LogP) is 3.45. The first-order valence-corrected chi connectivity index (χ1v) is 10.6. The monoisotopic (exact) mass is 500 g/mol. The Hall–Kier alpha value is -2.64. The lowest BCUT2D eigenvalue weighted by Gasteiger charge is -2.39. The van der Waals surface area contributed by atoms with Crippen LogP contribution in [0, 0.1) is 11.3 Å². The van der Waals surface area contributed by atoms with Crippen molar-refractivity contribution in [3.63, 3.8) is 0 Å². The third-order valence-electron chi connectivity index (χ3n) is 5.89. The van der Waals surface area contributed by atoms with Crippen LogP contribution in [0.15, 0.2) is 18.5 Å². The molecule has 2 saturated heterocycles. The summed E-state index contributed by atoms with van der Waals surface area (Å²) in [6.07, 6.45) is 0.535. The number of hydrogen-bond acceptors (Lipinski definition) is 6. The standard InChI is InChI=1S/C16H24N4.2C2HF3O2/c1-7-17-15(18-8-1)20-11-6-16(13-20)4-9-19(10-5-16)12-14-2-3-14;2*3-2(4,5)1(6)7/h1,7-8,14H,2-6,9-13H2;2*(H,6,7). The average Bonchev–Trinajstić information content (AvgIpc) is 3.48. The number of nitrogens with zero attached hydrogens (tertiary/aromatic N) is 4. The lowest BCUT2D eigenvalue weighted by atomic mass is 9.78. The molecule has 2 N–H and O–H groups in total. The number of carbonyl (C=O) groups is 2. The highest BCUT2D eigenvalue weighted by Crippen LogP contribution is 2.42. The van der Waals surface area contributed by atoms with E-state index in [0.29, 0.717) is 5.41 Å². The van der Waals surface area contributed by atoms with Gasteiger partial charge in [0.2, 0.25) is 5.95 Å². The summed E-state index contributed by atoms with van der Waals surface area (Å²) in [5.41, 5.74) is 0.541. The van der Waals surface area contributed by atoms with Crippen molar-refractivity contribution in [2.75, 3.05) is 37.6 Å². The second kappa shape index (κ2) is 11.2. The van der Waals surface area contributed by atoms with Gasteiger partial charge in [-0.25, -0.2) is 19.6 Å². The molecule has 0 amide bonds. The van der Waals surface area contributed by atoms with E-state index in [9.17, 15) is 26.3 Å². The Balaban J connectivity index is 0.000000244. The molecule has 1 aliphatic carbocycles. The van der Waals surface area contributed by atoms with Gasteiger partial charge in [0.25, 0.3) is 0 Å². The van der Waals surface area contributed by atoms with Crippen LogP contribution in [0.1, 0.15) is 32.1 Å². The number of carboxylic acid groups (broad SMARTS) is 2. The molecular weight excluding hydrogens is 474 g/mol. The number of piperidine rings is 1. The van der Waals surface area contributed by atoms with Crippen LogP contribution in [0.3, 0.4) is 0 Å². The van der Waals surface area contributed by atoms with Crippen LogP contribution < -0.4 is 4.90 Å². The van der Waals surface area contributed by atoms with Crippen LogP contribution in [-0.4, -0.2) is 82.1 Å². The number of alkyl halides is 6. The highest BCUT2D eigenvalue weighted by Gasteiger charge is 2.42. The third kappa shape index (κ3) is 8.95. The number of halogens is 6. The maximum absolute atomic E-state index is 10.6. The molecule has 0 unspecified atom stereocenters. The zero-order chi connectivity index (χ0) is 25.6. The number of aromatic nitrogens is 2. The third-order valence-corrected chi connectivity index (χ3v) is 5.89. The van der Waals surface area contributed by atoms with E-state index in [4.69, 9.17) is 19.8 Å². The largest absolute Gasteiger partial charge is 0.490 e. The fourth-order valence-electron chi connectivity index (χ4n) is 3.84. The molecule has 1 saturated carbocycles. The fourth-order valence-corrected chi connectivity index (χ4v) is 3.84. The number of anilines is 1. The van der Waals surface area contributed by atoms with E-state index in [-0.39, 0.29) is 0 Å². The first kappa shape index (κ1) is 27.6. The number of carboxylic acids is 2. The molecule has 14 heteroatoms. The Morgan fingerprint density at radius 1 is 0.912 bits per heavy atom. The van der Waals surface area contributed by atoms with Crippen LogP contribution in [0.4, 0.5) is 32.3 Å². The van der Waals surface area contributed by atoms with Gasteiger partial charge in [-0.15, -0.1) is 0 Å². The van der Waals surface area contributed by atoms with Gasteiger partial charge in [-0.05, 0) is 62.6 Å². The van der Waals surface area contributed by atoms with Crippen molar-refractivity contribution in [1.29, 1.82) is 0 Å². The zero-order valence-electron chi connectivity index (χ0n) is 18.1. The van der Waals surface area contributed by atoms with Crippen LogP contribution in [0.25, 0.3) is 0 Å². The Morgan fingerprint density at radius 2 is 1.35 bits per heavy atom. The van der Waals surface area contributed by atoms with Crippen molar-refractivity contribution < 1.29 is 46.1 Å². The summed E-state index contributed by atoms with van der Waals surface area (Å²) >= 11 is 0. The SMILES string of the molecule is O=C(O)C(F)(F)F.O=C(O)C(F)(F)F.c1cnc(N2CCC3(CCN(CC4CC4)CC3)C2)nc1. The van der Waals surface area contributed by atoms with Gasteiger partial charge in [0.15, 0.2) is 0 Å². The number of rotatable bonds is 3. The molecule has 0 atom stereocenters. The van der Waals surface area contributed by atoms with E-state index in [1.165, 1.54) is 51.7 Å². The summed E-state index contributed by atoms with van der Waals surface area (Å²) in [7, 11) is 0. The molecule has 1 aromatic rings. The van der Waals surface area contributed by atoms with Crippen molar-refractivity contribution in [3.05, 3.63) is 18.5 Å². The van der Waals surface area contributed by atoms with Crippen LogP contribution in [-0.2, 0) is 9.59 Å². The summed E-state index contributed by atoms with van der Waals surface area (Å²) in [4.78, 5) is 31.7. The molecule has 34 heavy (non-hydrogen) atoms. The fraction of sp³-hybridized carbons (Fsp3) is 0.700. The van der Waals surface area contributed by atoms with Gasteiger partial charge in [-0.3, -0.25) is 0 Å². The highest BCUT2D eigenvalue weighted by molar-refractivity contribution is 5.73. The topological polar surface area (TPSA) is 107 Å². The molecular formula is C20H26F6N4O4. The van der Waals surface area contributed by atoms with Gasteiger partial charge in [-0.1, -0.05) is 0 Å². The van der Waals surface area contributed by atoms with Crippen molar-refractivity contribution in [2.45, 2.75) is 44.5 Å². The van der Waals surface area contributed by atoms with Gasteiger partial charge in [-0.2, -0.15) is 26.3 Å². The smallest absolute Gasteiger partial charge is 0.475 e. The normalized spacial score (nSPS) is 20.1. The lowest BCUT2D eigenvalue weighted by molar-refractivity contribution is -0.193. The maximum atomic E-state index is 10.6. The van der Waals surface area contributed by atoms with E-state index in [0.717, 1.165) is 25.0 Å². The van der Waals surface area contributed by atoms with Gasteiger partial charge in [0, 0.05) is 32.0 Å². The Kier molecular flexibility index (Phi) is 9.08. The minimum atomic E-state index is -5.08. The second-order valence-corrected chi connectivity index (χ2v) is 8.57. The van der Waals surface area contributed by atoms with E-state index < -0.39 is 24.3 Å². The van der Waals surface area contributed by atoms with Gasteiger partial charge in [0.1, 0.15) is 0 Å². The molecule has 3 aliphatic rings. The maximum Gasteiger partial charge on any atom is 0.490 e. The molecule has 4 rings (SSSR count).